The Balaban J connectivity index is 1.75. The van der Waals surface area contributed by atoms with E-state index in [1.54, 1.807) is 0 Å². The summed E-state index contributed by atoms with van der Waals surface area (Å²) in [6.07, 6.45) is 6.99. The van der Waals surface area contributed by atoms with Crippen molar-refractivity contribution >= 4 is 11.9 Å². The summed E-state index contributed by atoms with van der Waals surface area (Å²) < 4.78 is 0. The van der Waals surface area contributed by atoms with E-state index in [4.69, 9.17) is 0 Å². The number of amides is 1. The Morgan fingerprint density at radius 1 is 1.19 bits per heavy atom. The van der Waals surface area contributed by atoms with E-state index in [9.17, 15) is 14.7 Å². The van der Waals surface area contributed by atoms with Crippen LogP contribution in [0.25, 0.3) is 0 Å². The Kier molecular flexibility index (Phi) is 3.78. The summed E-state index contributed by atoms with van der Waals surface area (Å²) in [4.78, 5) is 28.5. The molecule has 5 nitrogen and oxygen atoms in total. The highest BCUT2D eigenvalue weighted by Crippen LogP contribution is 2.48. The number of aliphatic carboxylic acids is 1. The number of carbonyl (C=O) groups excluding carboxylic acids is 1. The lowest BCUT2D eigenvalue weighted by molar-refractivity contribution is -0.151. The molecule has 1 saturated carbocycles. The molecule has 0 aromatic rings. The standard InChI is InChI=1S/C16H24N2O3/c1-17(2)12-4-3-7-18(9-12)15(19)13-10-5-6-11(8-10)14(13)16(20)21/h5-6,10-14H,3-4,7-9H2,1-2H3,(H,20,21). The molecule has 1 amide bonds. The fraction of sp³-hybridized carbons (Fsp3) is 0.750. The summed E-state index contributed by atoms with van der Waals surface area (Å²) in [7, 11) is 4.08. The van der Waals surface area contributed by atoms with E-state index in [1.165, 1.54) is 0 Å². The molecule has 1 heterocycles. The van der Waals surface area contributed by atoms with Gasteiger partial charge in [0.2, 0.25) is 5.91 Å². The summed E-state index contributed by atoms with van der Waals surface area (Å²) in [5.74, 6) is -1.44. The molecule has 2 aliphatic carbocycles. The van der Waals surface area contributed by atoms with E-state index in [2.05, 4.69) is 11.0 Å². The van der Waals surface area contributed by atoms with E-state index in [0.717, 1.165) is 32.4 Å². The predicted molar refractivity (Wildman–Crippen MR) is 78.6 cm³/mol. The average Bonchev–Trinajstić information content (AvgIpc) is 3.07. The molecular formula is C16H24N2O3. The van der Waals surface area contributed by atoms with Crippen LogP contribution in [0.2, 0.25) is 0 Å². The Bertz CT molecular complexity index is 474. The van der Waals surface area contributed by atoms with Gasteiger partial charge in [-0.3, -0.25) is 9.59 Å². The zero-order valence-corrected chi connectivity index (χ0v) is 12.7. The normalized spacial score (nSPS) is 38.2. The van der Waals surface area contributed by atoms with Crippen LogP contribution in [0.4, 0.5) is 0 Å². The van der Waals surface area contributed by atoms with E-state index >= 15 is 0 Å². The maximum atomic E-state index is 12.9. The summed E-state index contributed by atoms with van der Waals surface area (Å²) in [6, 6.07) is 0.389. The maximum absolute atomic E-state index is 12.9. The van der Waals surface area contributed by atoms with Gasteiger partial charge in [-0.2, -0.15) is 0 Å². The number of nitrogens with zero attached hydrogens (tertiary/aromatic N) is 2. The van der Waals surface area contributed by atoms with Gasteiger partial charge in [-0.25, -0.2) is 0 Å². The lowest BCUT2D eigenvalue weighted by Crippen LogP contribution is -2.51. The van der Waals surface area contributed by atoms with Gasteiger partial charge in [-0.1, -0.05) is 12.2 Å². The third-order valence-corrected chi connectivity index (χ3v) is 5.47. The molecule has 21 heavy (non-hydrogen) atoms. The highest BCUT2D eigenvalue weighted by Gasteiger charge is 2.52. The molecule has 5 unspecified atom stereocenters. The molecule has 0 aromatic heterocycles. The van der Waals surface area contributed by atoms with Crippen molar-refractivity contribution in [1.29, 1.82) is 0 Å². The van der Waals surface area contributed by atoms with Gasteiger partial charge in [-0.15, -0.1) is 0 Å². The zero-order valence-electron chi connectivity index (χ0n) is 12.7. The minimum atomic E-state index is -0.814. The van der Waals surface area contributed by atoms with Crippen LogP contribution >= 0.6 is 0 Å². The molecule has 2 fully saturated rings. The van der Waals surface area contributed by atoms with Gasteiger partial charge in [0, 0.05) is 19.1 Å². The number of hydrogen-bond acceptors (Lipinski definition) is 3. The smallest absolute Gasteiger partial charge is 0.307 e. The number of carboxylic acids is 1. The zero-order chi connectivity index (χ0) is 15.1. The van der Waals surface area contributed by atoms with E-state index in [-0.39, 0.29) is 23.7 Å². The number of hydrogen-bond donors (Lipinski definition) is 1. The van der Waals surface area contributed by atoms with Gasteiger partial charge in [0.1, 0.15) is 0 Å². The van der Waals surface area contributed by atoms with E-state index in [1.807, 2.05) is 25.1 Å². The molecule has 0 radical (unpaired) electrons. The fourth-order valence-corrected chi connectivity index (χ4v) is 4.28. The predicted octanol–water partition coefficient (Wildman–Crippen LogP) is 1.06. The van der Waals surface area contributed by atoms with E-state index < -0.39 is 11.9 Å². The van der Waals surface area contributed by atoms with Crippen LogP contribution in [0.15, 0.2) is 12.2 Å². The first-order valence-corrected chi connectivity index (χ1v) is 7.85. The molecule has 0 spiro atoms. The number of piperidine rings is 1. The summed E-state index contributed by atoms with van der Waals surface area (Å²) in [6.45, 7) is 1.50. The van der Waals surface area contributed by atoms with Gasteiger partial charge < -0.3 is 14.9 Å². The van der Waals surface area contributed by atoms with Crippen molar-refractivity contribution in [1.82, 2.24) is 9.80 Å². The molecule has 5 heteroatoms. The topological polar surface area (TPSA) is 60.9 Å². The van der Waals surface area contributed by atoms with Crippen LogP contribution in [0.3, 0.4) is 0 Å². The number of allylic oxidation sites excluding steroid dienone is 2. The SMILES string of the molecule is CN(C)C1CCCN(C(=O)C2C3C=CC(C3)C2C(=O)O)C1. The summed E-state index contributed by atoms with van der Waals surface area (Å²) in [5.41, 5.74) is 0. The van der Waals surface area contributed by atoms with Crippen LogP contribution in [0, 0.1) is 23.7 Å². The lowest BCUT2D eigenvalue weighted by atomic mass is 9.81. The van der Waals surface area contributed by atoms with Crippen molar-refractivity contribution in [3.8, 4) is 0 Å². The first kappa shape index (κ1) is 14.6. The number of carboxylic acid groups (broad SMARTS) is 1. The van der Waals surface area contributed by atoms with Crippen molar-refractivity contribution in [3.63, 3.8) is 0 Å². The minimum Gasteiger partial charge on any atom is -0.481 e. The largest absolute Gasteiger partial charge is 0.481 e. The number of rotatable bonds is 3. The van der Waals surface area contributed by atoms with Crippen LogP contribution in [-0.4, -0.2) is 60.0 Å². The Morgan fingerprint density at radius 3 is 2.48 bits per heavy atom. The van der Waals surface area contributed by atoms with Crippen molar-refractivity contribution in [3.05, 3.63) is 12.2 Å². The highest BCUT2D eigenvalue weighted by atomic mass is 16.4. The highest BCUT2D eigenvalue weighted by molar-refractivity contribution is 5.87. The molecule has 0 aromatic carbocycles. The van der Waals surface area contributed by atoms with E-state index in [0.29, 0.717) is 6.04 Å². The number of likely N-dealkylation sites (N-methyl/N-ethyl adjacent to an activating group) is 1. The molecule has 3 aliphatic rings. The van der Waals surface area contributed by atoms with Crippen molar-refractivity contribution in [2.24, 2.45) is 23.7 Å². The summed E-state index contributed by atoms with van der Waals surface area (Å²) >= 11 is 0. The van der Waals surface area contributed by atoms with Crippen LogP contribution in [-0.2, 0) is 9.59 Å². The van der Waals surface area contributed by atoms with Crippen molar-refractivity contribution in [2.45, 2.75) is 25.3 Å². The van der Waals surface area contributed by atoms with Gasteiger partial charge in [-0.05, 0) is 45.2 Å². The molecule has 3 rings (SSSR count). The molecule has 1 saturated heterocycles. The molecule has 5 atom stereocenters. The quantitative estimate of drug-likeness (QED) is 0.790. The second kappa shape index (κ2) is 5.44. The van der Waals surface area contributed by atoms with Crippen molar-refractivity contribution < 1.29 is 14.7 Å². The molecule has 1 aliphatic heterocycles. The number of fused-ring (bicyclic) bond motifs is 2. The van der Waals surface area contributed by atoms with Gasteiger partial charge in [0.05, 0.1) is 11.8 Å². The lowest BCUT2D eigenvalue weighted by Gasteiger charge is -2.38. The Hall–Kier alpha value is -1.36. The third-order valence-electron chi connectivity index (χ3n) is 5.47. The van der Waals surface area contributed by atoms with Crippen molar-refractivity contribution in [2.75, 3.05) is 27.2 Å². The van der Waals surface area contributed by atoms with Gasteiger partial charge in [0.25, 0.3) is 0 Å². The monoisotopic (exact) mass is 292 g/mol. The molecule has 116 valence electrons. The second-order valence-electron chi connectivity index (χ2n) is 6.88. The average molecular weight is 292 g/mol. The maximum Gasteiger partial charge on any atom is 0.307 e. The first-order valence-electron chi connectivity index (χ1n) is 7.85. The Labute approximate surface area is 125 Å². The molecule has 1 N–H and O–H groups in total. The fourth-order valence-electron chi connectivity index (χ4n) is 4.28. The number of carbonyl (C=O) groups is 2. The third kappa shape index (κ3) is 2.48. The van der Waals surface area contributed by atoms with Crippen LogP contribution in [0.1, 0.15) is 19.3 Å². The van der Waals surface area contributed by atoms with Gasteiger partial charge >= 0.3 is 5.97 Å². The Morgan fingerprint density at radius 2 is 1.86 bits per heavy atom. The second-order valence-corrected chi connectivity index (χ2v) is 6.88. The van der Waals surface area contributed by atoms with Gasteiger partial charge in [0.15, 0.2) is 0 Å². The first-order chi connectivity index (χ1) is 9.99. The molecule has 2 bridgehead atoms. The number of likely N-dealkylation sites (tertiary alicyclic amines) is 1. The van der Waals surface area contributed by atoms with Crippen LogP contribution < -0.4 is 0 Å². The summed E-state index contributed by atoms with van der Waals surface area (Å²) in [5, 5.41) is 9.48. The van der Waals surface area contributed by atoms with Crippen LogP contribution in [0.5, 0.6) is 0 Å². The minimum absolute atomic E-state index is 0.0517. The molecular weight excluding hydrogens is 268 g/mol.